The van der Waals surface area contributed by atoms with Crippen LogP contribution in [0.2, 0.25) is 0 Å². The van der Waals surface area contributed by atoms with Crippen LogP contribution in [0.3, 0.4) is 0 Å². The monoisotopic (exact) mass is 195 g/mol. The van der Waals surface area contributed by atoms with E-state index in [1.165, 1.54) is 5.56 Å². The van der Waals surface area contributed by atoms with Crippen LogP contribution in [0.5, 0.6) is 0 Å². The molecule has 1 saturated carbocycles. The standard InChI is InChI=1S/C10H13NOS/c11-10(12)9-3-1-2-8(9)7-4-5-13-6-7/h4-6,8-9H,1-3H2,(H2,11,12)/t8-,9-/m0/s1. The van der Waals surface area contributed by atoms with Crippen molar-refractivity contribution >= 4 is 17.2 Å². The Bertz CT molecular complexity index is 294. The largest absolute Gasteiger partial charge is 0.369 e. The molecule has 0 spiro atoms. The summed E-state index contributed by atoms with van der Waals surface area (Å²) in [4.78, 5) is 11.1. The molecule has 1 aliphatic rings. The van der Waals surface area contributed by atoms with Crippen LogP contribution in [0.1, 0.15) is 30.7 Å². The molecule has 70 valence electrons. The number of hydrogen-bond donors (Lipinski definition) is 1. The fourth-order valence-electron chi connectivity index (χ4n) is 2.19. The highest BCUT2D eigenvalue weighted by Crippen LogP contribution is 2.39. The highest BCUT2D eigenvalue weighted by atomic mass is 32.1. The van der Waals surface area contributed by atoms with Crippen molar-refractivity contribution in [3.05, 3.63) is 22.4 Å². The van der Waals surface area contributed by atoms with Gasteiger partial charge in [0.15, 0.2) is 0 Å². The normalized spacial score (nSPS) is 27.7. The molecular formula is C10H13NOS. The fourth-order valence-corrected chi connectivity index (χ4v) is 2.91. The van der Waals surface area contributed by atoms with Gasteiger partial charge in [0.2, 0.25) is 5.91 Å². The summed E-state index contributed by atoms with van der Waals surface area (Å²) in [5, 5.41) is 4.19. The molecule has 1 heterocycles. The predicted octanol–water partition coefficient (Wildman–Crippen LogP) is 2.12. The summed E-state index contributed by atoms with van der Waals surface area (Å²) >= 11 is 1.69. The predicted molar refractivity (Wildman–Crippen MR) is 53.6 cm³/mol. The van der Waals surface area contributed by atoms with Crippen LogP contribution in [-0.4, -0.2) is 5.91 Å². The third-order valence-electron chi connectivity index (χ3n) is 2.85. The summed E-state index contributed by atoms with van der Waals surface area (Å²) in [7, 11) is 0. The van der Waals surface area contributed by atoms with Crippen molar-refractivity contribution in [1.29, 1.82) is 0 Å². The summed E-state index contributed by atoms with van der Waals surface area (Å²) < 4.78 is 0. The van der Waals surface area contributed by atoms with E-state index < -0.39 is 0 Å². The molecule has 1 aromatic rings. The van der Waals surface area contributed by atoms with Gasteiger partial charge in [-0.05, 0) is 41.1 Å². The Morgan fingerprint density at radius 1 is 1.54 bits per heavy atom. The van der Waals surface area contributed by atoms with E-state index in [2.05, 4.69) is 16.8 Å². The SMILES string of the molecule is NC(=O)[C@H]1CCC[C@H]1c1ccsc1. The third kappa shape index (κ3) is 1.61. The minimum absolute atomic E-state index is 0.0783. The molecule has 0 saturated heterocycles. The van der Waals surface area contributed by atoms with E-state index in [0.29, 0.717) is 5.92 Å². The first kappa shape index (κ1) is 8.75. The lowest BCUT2D eigenvalue weighted by atomic mass is 9.90. The molecule has 2 atom stereocenters. The topological polar surface area (TPSA) is 43.1 Å². The average molecular weight is 195 g/mol. The van der Waals surface area contributed by atoms with Gasteiger partial charge in [-0.25, -0.2) is 0 Å². The van der Waals surface area contributed by atoms with Gasteiger partial charge in [0.25, 0.3) is 0 Å². The Kier molecular flexibility index (Phi) is 2.36. The lowest BCUT2D eigenvalue weighted by molar-refractivity contribution is -0.122. The van der Waals surface area contributed by atoms with Crippen LogP contribution < -0.4 is 5.73 Å². The second-order valence-electron chi connectivity index (χ2n) is 3.60. The van der Waals surface area contributed by atoms with Crippen LogP contribution in [0, 0.1) is 5.92 Å². The van der Waals surface area contributed by atoms with Gasteiger partial charge in [-0.1, -0.05) is 6.42 Å². The van der Waals surface area contributed by atoms with Gasteiger partial charge in [-0.15, -0.1) is 0 Å². The lowest BCUT2D eigenvalue weighted by Gasteiger charge is -2.14. The molecule has 0 aromatic carbocycles. The van der Waals surface area contributed by atoms with Gasteiger partial charge in [0, 0.05) is 5.92 Å². The van der Waals surface area contributed by atoms with Crippen LogP contribution in [0.25, 0.3) is 0 Å². The summed E-state index contributed by atoms with van der Waals surface area (Å²) in [6.45, 7) is 0. The number of carbonyl (C=O) groups excluding carboxylic acids is 1. The minimum Gasteiger partial charge on any atom is -0.369 e. The van der Waals surface area contributed by atoms with Crippen molar-refractivity contribution < 1.29 is 4.79 Å². The van der Waals surface area contributed by atoms with E-state index in [1.807, 2.05) is 0 Å². The minimum atomic E-state index is -0.131. The molecule has 1 fully saturated rings. The van der Waals surface area contributed by atoms with Gasteiger partial charge in [-0.2, -0.15) is 11.3 Å². The quantitative estimate of drug-likeness (QED) is 0.771. The molecule has 0 aliphatic heterocycles. The second kappa shape index (κ2) is 3.50. The number of amides is 1. The van der Waals surface area contributed by atoms with Crippen molar-refractivity contribution in [1.82, 2.24) is 0 Å². The molecule has 3 heteroatoms. The van der Waals surface area contributed by atoms with Crippen molar-refractivity contribution in [3.8, 4) is 0 Å². The average Bonchev–Trinajstić information content (AvgIpc) is 2.74. The molecule has 2 N–H and O–H groups in total. The number of carbonyl (C=O) groups is 1. The maximum absolute atomic E-state index is 11.1. The Morgan fingerprint density at radius 2 is 2.38 bits per heavy atom. The van der Waals surface area contributed by atoms with Gasteiger partial charge in [0.1, 0.15) is 0 Å². The van der Waals surface area contributed by atoms with E-state index in [0.717, 1.165) is 19.3 Å². The van der Waals surface area contributed by atoms with Crippen molar-refractivity contribution in [2.24, 2.45) is 11.7 Å². The molecule has 2 rings (SSSR count). The molecule has 1 aromatic heterocycles. The highest BCUT2D eigenvalue weighted by Gasteiger charge is 2.32. The maximum Gasteiger partial charge on any atom is 0.221 e. The van der Waals surface area contributed by atoms with Crippen molar-refractivity contribution in [2.45, 2.75) is 25.2 Å². The summed E-state index contributed by atoms with van der Waals surface area (Å²) in [5.41, 5.74) is 6.66. The van der Waals surface area contributed by atoms with Crippen LogP contribution in [0.15, 0.2) is 16.8 Å². The summed E-state index contributed by atoms with van der Waals surface area (Å²) in [6.07, 6.45) is 3.22. The number of rotatable bonds is 2. The number of thiophene rings is 1. The lowest BCUT2D eigenvalue weighted by Crippen LogP contribution is -2.24. The summed E-state index contributed by atoms with van der Waals surface area (Å²) in [6, 6.07) is 2.11. The fraction of sp³-hybridized carbons (Fsp3) is 0.500. The van der Waals surface area contributed by atoms with Gasteiger partial charge in [-0.3, -0.25) is 4.79 Å². The van der Waals surface area contributed by atoms with E-state index in [4.69, 9.17) is 5.73 Å². The van der Waals surface area contributed by atoms with Gasteiger partial charge in [0.05, 0.1) is 0 Å². The van der Waals surface area contributed by atoms with Crippen LogP contribution >= 0.6 is 11.3 Å². The zero-order valence-electron chi connectivity index (χ0n) is 7.40. The first-order valence-corrected chi connectivity index (χ1v) is 5.54. The Labute approximate surface area is 81.8 Å². The molecule has 1 amide bonds. The zero-order chi connectivity index (χ0) is 9.26. The van der Waals surface area contributed by atoms with E-state index in [1.54, 1.807) is 11.3 Å². The molecule has 0 radical (unpaired) electrons. The van der Waals surface area contributed by atoms with Gasteiger partial charge < -0.3 is 5.73 Å². The van der Waals surface area contributed by atoms with Gasteiger partial charge >= 0.3 is 0 Å². The molecule has 2 nitrogen and oxygen atoms in total. The smallest absolute Gasteiger partial charge is 0.221 e. The highest BCUT2D eigenvalue weighted by molar-refractivity contribution is 7.07. The van der Waals surface area contributed by atoms with Crippen LogP contribution in [-0.2, 0) is 4.79 Å². The van der Waals surface area contributed by atoms with Crippen molar-refractivity contribution in [3.63, 3.8) is 0 Å². The molecular weight excluding hydrogens is 182 g/mol. The van der Waals surface area contributed by atoms with E-state index >= 15 is 0 Å². The van der Waals surface area contributed by atoms with Crippen molar-refractivity contribution in [2.75, 3.05) is 0 Å². The number of nitrogens with two attached hydrogens (primary N) is 1. The molecule has 0 bridgehead atoms. The zero-order valence-corrected chi connectivity index (χ0v) is 8.22. The Balaban J connectivity index is 2.19. The molecule has 13 heavy (non-hydrogen) atoms. The van der Waals surface area contributed by atoms with E-state index in [9.17, 15) is 4.79 Å². The first-order chi connectivity index (χ1) is 6.29. The molecule has 1 aliphatic carbocycles. The van der Waals surface area contributed by atoms with E-state index in [-0.39, 0.29) is 11.8 Å². The summed E-state index contributed by atoms with van der Waals surface area (Å²) in [5.74, 6) is 0.340. The van der Waals surface area contributed by atoms with Crippen LogP contribution in [0.4, 0.5) is 0 Å². The molecule has 0 unspecified atom stereocenters. The third-order valence-corrected chi connectivity index (χ3v) is 3.55. The maximum atomic E-state index is 11.1. The Morgan fingerprint density at radius 3 is 3.00 bits per heavy atom. The second-order valence-corrected chi connectivity index (χ2v) is 4.38. The Hall–Kier alpha value is -0.830. The number of primary amides is 1. The number of hydrogen-bond acceptors (Lipinski definition) is 2. The first-order valence-electron chi connectivity index (χ1n) is 4.60.